The highest BCUT2D eigenvalue weighted by Crippen LogP contribution is 2.22. The minimum absolute atomic E-state index is 0.0285. The van der Waals surface area contributed by atoms with Crippen LogP contribution in [0.3, 0.4) is 0 Å². The number of unbranched alkanes of at least 4 members (excludes halogenated alkanes) is 1. The molecular formula is C26H32N2O8. The summed E-state index contributed by atoms with van der Waals surface area (Å²) in [6.45, 7) is 2.08. The molecule has 2 rings (SSSR count). The number of hydrogen-bond donors (Lipinski definition) is 4. The van der Waals surface area contributed by atoms with Crippen LogP contribution in [-0.4, -0.2) is 60.0 Å². The first-order chi connectivity index (χ1) is 17.2. The molecule has 0 saturated heterocycles. The maximum atomic E-state index is 12.4. The molecule has 4 N–H and O–H groups in total. The molecule has 10 heteroatoms. The second-order valence-electron chi connectivity index (χ2n) is 8.11. The number of aliphatic carboxylic acids is 2. The molecule has 10 nitrogen and oxygen atoms in total. The SMILES string of the molecule is CCC[C@H](NC(=O)O[C@@H](CCCCNC(=O)c1ccc(-c2ccc(OC)cc2)cc1)C(=O)O)C(=O)O. The fraction of sp³-hybridized carbons (Fsp3) is 0.385. The van der Waals surface area contributed by atoms with Crippen molar-refractivity contribution in [2.75, 3.05) is 13.7 Å². The maximum absolute atomic E-state index is 12.4. The molecule has 2 aromatic carbocycles. The predicted molar refractivity (Wildman–Crippen MR) is 132 cm³/mol. The lowest BCUT2D eigenvalue weighted by molar-refractivity contribution is -0.147. The summed E-state index contributed by atoms with van der Waals surface area (Å²) < 4.78 is 10.0. The highest BCUT2D eigenvalue weighted by molar-refractivity contribution is 5.94. The van der Waals surface area contributed by atoms with E-state index in [1.165, 1.54) is 0 Å². The molecule has 0 aliphatic rings. The minimum Gasteiger partial charge on any atom is -0.497 e. The lowest BCUT2D eigenvalue weighted by Gasteiger charge is -2.17. The molecule has 2 aromatic rings. The lowest BCUT2D eigenvalue weighted by atomic mass is 10.0. The van der Waals surface area contributed by atoms with E-state index in [1.54, 1.807) is 26.2 Å². The molecule has 0 heterocycles. The molecule has 0 aromatic heterocycles. The van der Waals surface area contributed by atoms with Gasteiger partial charge in [-0.1, -0.05) is 37.6 Å². The second-order valence-corrected chi connectivity index (χ2v) is 8.11. The van der Waals surface area contributed by atoms with Crippen LogP contribution >= 0.6 is 0 Å². The summed E-state index contributed by atoms with van der Waals surface area (Å²) in [4.78, 5) is 46.8. The van der Waals surface area contributed by atoms with Crippen LogP contribution in [0.15, 0.2) is 48.5 Å². The third-order valence-corrected chi connectivity index (χ3v) is 5.44. The van der Waals surface area contributed by atoms with Crippen molar-refractivity contribution in [3.8, 4) is 16.9 Å². The molecule has 0 aliphatic carbocycles. The zero-order chi connectivity index (χ0) is 26.5. The molecular weight excluding hydrogens is 468 g/mol. The standard InChI is InChI=1S/C26H32N2O8/c1-3-6-21(24(30)31)28-26(34)36-22(25(32)33)7-4-5-16-27-23(29)19-10-8-17(9-11-19)18-12-14-20(35-2)15-13-18/h8-15,21-22H,3-7,16H2,1-2H3,(H,27,29)(H,28,34)(H,30,31)(H,32,33)/t21-,22-/m0/s1. The Balaban J connectivity index is 1.76. The van der Waals surface area contributed by atoms with Crippen LogP contribution in [0.1, 0.15) is 49.4 Å². The Labute approximate surface area is 209 Å². The van der Waals surface area contributed by atoms with Crippen LogP contribution < -0.4 is 15.4 Å². The summed E-state index contributed by atoms with van der Waals surface area (Å²) in [5, 5.41) is 23.3. The Morgan fingerprint density at radius 1 is 0.861 bits per heavy atom. The van der Waals surface area contributed by atoms with E-state index in [0.29, 0.717) is 31.4 Å². The Morgan fingerprint density at radius 2 is 1.47 bits per heavy atom. The maximum Gasteiger partial charge on any atom is 0.408 e. The summed E-state index contributed by atoms with van der Waals surface area (Å²) in [7, 11) is 1.60. The first-order valence-corrected chi connectivity index (χ1v) is 11.7. The van der Waals surface area contributed by atoms with E-state index in [9.17, 15) is 24.3 Å². The highest BCUT2D eigenvalue weighted by atomic mass is 16.6. The van der Waals surface area contributed by atoms with E-state index in [4.69, 9.17) is 14.6 Å². The van der Waals surface area contributed by atoms with E-state index in [-0.39, 0.29) is 18.7 Å². The number of alkyl carbamates (subject to hydrolysis) is 1. The molecule has 0 radical (unpaired) electrons. The van der Waals surface area contributed by atoms with Crippen LogP contribution in [0, 0.1) is 0 Å². The number of carboxylic acids is 2. The molecule has 194 valence electrons. The first-order valence-electron chi connectivity index (χ1n) is 11.7. The van der Waals surface area contributed by atoms with Crippen molar-refractivity contribution in [2.24, 2.45) is 0 Å². The lowest BCUT2D eigenvalue weighted by Crippen LogP contribution is -2.43. The van der Waals surface area contributed by atoms with E-state index in [0.717, 1.165) is 16.9 Å². The number of benzene rings is 2. The first kappa shape index (κ1) is 28.2. The molecule has 0 bridgehead atoms. The summed E-state index contributed by atoms with van der Waals surface area (Å²) in [6.07, 6.45) is -0.904. The Morgan fingerprint density at radius 3 is 2.00 bits per heavy atom. The molecule has 0 saturated carbocycles. The third-order valence-electron chi connectivity index (χ3n) is 5.44. The number of nitrogens with one attached hydrogen (secondary N) is 2. The Kier molecular flexibility index (Phi) is 11.2. The number of hydrogen-bond acceptors (Lipinski definition) is 6. The van der Waals surface area contributed by atoms with Gasteiger partial charge < -0.3 is 30.3 Å². The van der Waals surface area contributed by atoms with Crippen LogP contribution in [0.5, 0.6) is 5.75 Å². The normalized spacial score (nSPS) is 12.2. The molecule has 0 fully saturated rings. The number of carbonyl (C=O) groups excluding carboxylic acids is 2. The van der Waals surface area contributed by atoms with Crippen LogP contribution in [0.4, 0.5) is 4.79 Å². The Hall–Kier alpha value is -4.08. The van der Waals surface area contributed by atoms with Gasteiger partial charge in [0.15, 0.2) is 0 Å². The number of methoxy groups -OCH3 is 1. The van der Waals surface area contributed by atoms with E-state index in [1.807, 2.05) is 36.4 Å². The van der Waals surface area contributed by atoms with Crippen LogP contribution in [0.25, 0.3) is 11.1 Å². The molecule has 0 spiro atoms. The van der Waals surface area contributed by atoms with Crippen molar-refractivity contribution in [1.82, 2.24) is 10.6 Å². The number of rotatable bonds is 14. The highest BCUT2D eigenvalue weighted by Gasteiger charge is 2.25. The van der Waals surface area contributed by atoms with Crippen molar-refractivity contribution in [3.05, 3.63) is 54.1 Å². The molecule has 0 unspecified atom stereocenters. The smallest absolute Gasteiger partial charge is 0.408 e. The summed E-state index contributed by atoms with van der Waals surface area (Å²) in [5.41, 5.74) is 2.45. The minimum atomic E-state index is -1.41. The van der Waals surface area contributed by atoms with Gasteiger partial charge in [-0.2, -0.15) is 0 Å². The summed E-state index contributed by atoms with van der Waals surface area (Å²) >= 11 is 0. The second kappa shape index (κ2) is 14.3. The average molecular weight is 501 g/mol. The molecule has 0 aliphatic heterocycles. The van der Waals surface area contributed by atoms with Crippen molar-refractivity contribution in [1.29, 1.82) is 0 Å². The summed E-state index contributed by atoms with van der Waals surface area (Å²) in [5.74, 6) is -2.03. The fourth-order valence-electron chi connectivity index (χ4n) is 3.44. The van der Waals surface area contributed by atoms with Gasteiger partial charge in [0.05, 0.1) is 7.11 Å². The number of ether oxygens (including phenoxy) is 2. The Bertz CT molecular complexity index is 1020. The van der Waals surface area contributed by atoms with Gasteiger partial charge in [-0.3, -0.25) is 4.79 Å². The van der Waals surface area contributed by atoms with Crippen molar-refractivity contribution in [2.45, 2.75) is 51.2 Å². The fourth-order valence-corrected chi connectivity index (χ4v) is 3.44. The predicted octanol–water partition coefficient (Wildman–Crippen LogP) is 3.70. The van der Waals surface area contributed by atoms with E-state index in [2.05, 4.69) is 10.6 Å². The van der Waals surface area contributed by atoms with Crippen molar-refractivity contribution < 1.29 is 38.9 Å². The third kappa shape index (κ3) is 8.94. The number of amides is 2. The van der Waals surface area contributed by atoms with Gasteiger partial charge in [-0.25, -0.2) is 14.4 Å². The van der Waals surface area contributed by atoms with Gasteiger partial charge in [0.25, 0.3) is 5.91 Å². The van der Waals surface area contributed by atoms with Crippen LogP contribution in [-0.2, 0) is 14.3 Å². The van der Waals surface area contributed by atoms with Crippen molar-refractivity contribution in [3.63, 3.8) is 0 Å². The number of carboxylic acid groups (broad SMARTS) is 2. The van der Waals surface area contributed by atoms with E-state index >= 15 is 0 Å². The van der Waals surface area contributed by atoms with Gasteiger partial charge in [0, 0.05) is 12.1 Å². The van der Waals surface area contributed by atoms with Gasteiger partial charge in [0.2, 0.25) is 6.10 Å². The van der Waals surface area contributed by atoms with Gasteiger partial charge in [-0.15, -0.1) is 0 Å². The molecule has 36 heavy (non-hydrogen) atoms. The zero-order valence-electron chi connectivity index (χ0n) is 20.4. The average Bonchev–Trinajstić information content (AvgIpc) is 2.87. The molecule has 2 amide bonds. The van der Waals surface area contributed by atoms with Gasteiger partial charge in [0.1, 0.15) is 11.8 Å². The van der Waals surface area contributed by atoms with Gasteiger partial charge >= 0.3 is 18.0 Å². The number of carbonyl (C=O) groups is 4. The van der Waals surface area contributed by atoms with Crippen molar-refractivity contribution >= 4 is 23.9 Å². The summed E-state index contributed by atoms with van der Waals surface area (Å²) in [6, 6.07) is 13.6. The van der Waals surface area contributed by atoms with Crippen LogP contribution in [0.2, 0.25) is 0 Å². The quantitative estimate of drug-likeness (QED) is 0.287. The molecule has 2 atom stereocenters. The van der Waals surface area contributed by atoms with Gasteiger partial charge in [-0.05, 0) is 61.1 Å². The monoisotopic (exact) mass is 500 g/mol. The van der Waals surface area contributed by atoms with E-state index < -0.39 is 30.2 Å². The topological polar surface area (TPSA) is 151 Å². The zero-order valence-corrected chi connectivity index (χ0v) is 20.4. The largest absolute Gasteiger partial charge is 0.497 e.